The molecular weight excluding hydrogens is 1200 g/mol. The average molecular weight is 1330 g/mol. The van der Waals surface area contributed by atoms with Crippen LogP contribution in [0.25, 0.3) is 0 Å². The summed E-state index contributed by atoms with van der Waals surface area (Å²) in [5.41, 5.74) is 0. The maximum absolute atomic E-state index is 13.4. The molecule has 3 rings (SSSR count). The van der Waals surface area contributed by atoms with Crippen molar-refractivity contribution in [2.24, 2.45) is 0 Å². The number of ether oxygens (including phenoxy) is 6. The molecule has 0 aromatic rings. The quantitative estimate of drug-likeness (QED) is 0.0199. The highest BCUT2D eigenvalue weighted by molar-refractivity contribution is 5.76. The van der Waals surface area contributed by atoms with Crippen molar-refractivity contribution >= 4 is 5.91 Å². The number of hydrogen-bond acceptors (Lipinski definition) is 18. The fraction of sp³-hybridized carbons (Fsp3) is 0.800. The predicted octanol–water partition coefficient (Wildman–Crippen LogP) is 10.7. The van der Waals surface area contributed by atoms with E-state index < -0.39 is 124 Å². The van der Waals surface area contributed by atoms with Gasteiger partial charge in [-0.25, -0.2) is 0 Å². The lowest BCUT2D eigenvalue weighted by atomic mass is 9.96. The number of carbonyl (C=O) groups excluding carboxylic acids is 1. The molecule has 0 spiro atoms. The van der Waals surface area contributed by atoms with Crippen LogP contribution in [0, 0.1) is 0 Å². The Morgan fingerprint density at radius 2 is 0.745 bits per heavy atom. The third kappa shape index (κ3) is 36.7. The van der Waals surface area contributed by atoms with Crippen LogP contribution in [0.2, 0.25) is 0 Å². The molecule has 544 valence electrons. The van der Waals surface area contributed by atoms with E-state index >= 15 is 0 Å². The summed E-state index contributed by atoms with van der Waals surface area (Å²) >= 11 is 0. The third-order valence-electron chi connectivity index (χ3n) is 17.9. The Labute approximate surface area is 565 Å². The van der Waals surface area contributed by atoms with E-state index in [1.54, 1.807) is 6.08 Å². The molecule has 19 nitrogen and oxygen atoms in total. The summed E-state index contributed by atoms with van der Waals surface area (Å²) in [6, 6.07) is -0.993. The molecule has 3 fully saturated rings. The Balaban J connectivity index is 1.37. The molecule has 94 heavy (non-hydrogen) atoms. The topological polar surface area (TPSA) is 307 Å². The highest BCUT2D eigenvalue weighted by Crippen LogP contribution is 2.33. The Morgan fingerprint density at radius 1 is 0.394 bits per heavy atom. The summed E-state index contributed by atoms with van der Waals surface area (Å²) in [4.78, 5) is 13.4. The molecule has 1 amide bonds. The van der Waals surface area contributed by atoms with E-state index in [1.807, 2.05) is 6.08 Å². The summed E-state index contributed by atoms with van der Waals surface area (Å²) in [6.07, 6.45) is 45.7. The smallest absolute Gasteiger partial charge is 0.220 e. The van der Waals surface area contributed by atoms with Crippen molar-refractivity contribution in [3.63, 3.8) is 0 Å². The van der Waals surface area contributed by atoms with Gasteiger partial charge in [-0.3, -0.25) is 4.79 Å². The fourth-order valence-electron chi connectivity index (χ4n) is 12.0. The minimum absolute atomic E-state index is 0.233. The molecule has 12 N–H and O–H groups in total. The average Bonchev–Trinajstić information content (AvgIpc) is 0.787. The van der Waals surface area contributed by atoms with Gasteiger partial charge in [-0.05, 0) is 77.0 Å². The zero-order valence-corrected chi connectivity index (χ0v) is 57.7. The third-order valence-corrected chi connectivity index (χ3v) is 17.9. The van der Waals surface area contributed by atoms with Gasteiger partial charge in [0, 0.05) is 6.42 Å². The molecule has 0 aliphatic carbocycles. The van der Waals surface area contributed by atoms with Gasteiger partial charge in [-0.15, -0.1) is 0 Å². The molecule has 3 aliphatic rings. The lowest BCUT2D eigenvalue weighted by Gasteiger charge is -2.48. The van der Waals surface area contributed by atoms with Crippen LogP contribution in [-0.2, 0) is 33.2 Å². The van der Waals surface area contributed by atoms with Crippen LogP contribution in [0.1, 0.15) is 251 Å². The first-order valence-corrected chi connectivity index (χ1v) is 36.8. The van der Waals surface area contributed by atoms with E-state index in [0.717, 1.165) is 70.6 Å². The van der Waals surface area contributed by atoms with Crippen molar-refractivity contribution in [2.75, 3.05) is 26.4 Å². The summed E-state index contributed by atoms with van der Waals surface area (Å²) in [5, 5.41) is 121. The van der Waals surface area contributed by atoms with Crippen molar-refractivity contribution in [1.29, 1.82) is 0 Å². The largest absolute Gasteiger partial charge is 0.394 e. The second-order valence-electron chi connectivity index (χ2n) is 26.0. The second-order valence-corrected chi connectivity index (χ2v) is 26.0. The van der Waals surface area contributed by atoms with E-state index in [0.29, 0.717) is 12.8 Å². The second kappa shape index (κ2) is 55.8. The van der Waals surface area contributed by atoms with Crippen LogP contribution in [0.15, 0.2) is 85.1 Å². The molecule has 3 saturated heterocycles. The summed E-state index contributed by atoms with van der Waals surface area (Å²) in [6.45, 7) is 1.60. The van der Waals surface area contributed by atoms with Gasteiger partial charge < -0.3 is 89.9 Å². The molecule has 0 aromatic heterocycles. The molecular formula is C75H131NO18. The highest BCUT2D eigenvalue weighted by Gasteiger charge is 2.53. The van der Waals surface area contributed by atoms with Gasteiger partial charge in [0.2, 0.25) is 5.91 Å². The van der Waals surface area contributed by atoms with Crippen molar-refractivity contribution in [1.82, 2.24) is 5.32 Å². The van der Waals surface area contributed by atoms with Gasteiger partial charge in [-0.2, -0.15) is 0 Å². The van der Waals surface area contributed by atoms with E-state index in [-0.39, 0.29) is 18.9 Å². The van der Waals surface area contributed by atoms with E-state index in [9.17, 15) is 61.0 Å². The van der Waals surface area contributed by atoms with Gasteiger partial charge in [0.15, 0.2) is 18.9 Å². The Bertz CT molecular complexity index is 2030. The minimum Gasteiger partial charge on any atom is -0.394 e. The number of unbranched alkanes of at least 4 members (excludes halogenated alkanes) is 28. The number of rotatable bonds is 56. The van der Waals surface area contributed by atoms with Crippen LogP contribution in [0.4, 0.5) is 0 Å². The molecule has 3 heterocycles. The van der Waals surface area contributed by atoms with Gasteiger partial charge in [0.1, 0.15) is 73.2 Å². The van der Waals surface area contributed by atoms with Crippen LogP contribution < -0.4 is 5.32 Å². The maximum Gasteiger partial charge on any atom is 0.220 e. The van der Waals surface area contributed by atoms with Crippen LogP contribution in [0.5, 0.6) is 0 Å². The molecule has 0 aromatic carbocycles. The Hall–Kier alpha value is -3.03. The van der Waals surface area contributed by atoms with Crippen molar-refractivity contribution in [3.05, 3.63) is 85.1 Å². The monoisotopic (exact) mass is 1330 g/mol. The summed E-state index contributed by atoms with van der Waals surface area (Å²) < 4.78 is 34.3. The minimum atomic E-state index is -1.98. The molecule has 3 aliphatic heterocycles. The maximum atomic E-state index is 13.4. The molecule has 17 unspecified atom stereocenters. The fourth-order valence-corrected chi connectivity index (χ4v) is 12.0. The Kier molecular flexibility index (Phi) is 50.6. The molecule has 19 heteroatoms. The van der Waals surface area contributed by atoms with Crippen molar-refractivity contribution < 1.29 is 89.4 Å². The number of amides is 1. The number of carbonyl (C=O) groups is 1. The normalized spacial score (nSPS) is 27.9. The van der Waals surface area contributed by atoms with Crippen LogP contribution >= 0.6 is 0 Å². The van der Waals surface area contributed by atoms with Crippen molar-refractivity contribution in [3.8, 4) is 0 Å². The Morgan fingerprint density at radius 3 is 1.19 bits per heavy atom. The predicted molar refractivity (Wildman–Crippen MR) is 369 cm³/mol. The lowest BCUT2D eigenvalue weighted by Crippen LogP contribution is -2.66. The zero-order valence-electron chi connectivity index (χ0n) is 57.7. The van der Waals surface area contributed by atoms with Crippen LogP contribution in [0.3, 0.4) is 0 Å². The molecule has 0 radical (unpaired) electrons. The van der Waals surface area contributed by atoms with E-state index in [2.05, 4.69) is 92.1 Å². The number of hydrogen-bond donors (Lipinski definition) is 12. The van der Waals surface area contributed by atoms with Gasteiger partial charge in [0.05, 0.1) is 38.6 Å². The number of aliphatic hydroxyl groups is 11. The van der Waals surface area contributed by atoms with E-state index in [1.165, 1.54) is 148 Å². The van der Waals surface area contributed by atoms with E-state index in [4.69, 9.17) is 28.4 Å². The highest BCUT2D eigenvalue weighted by atomic mass is 16.8. The van der Waals surface area contributed by atoms with Crippen LogP contribution in [-0.4, -0.2) is 193 Å². The first-order valence-electron chi connectivity index (χ1n) is 36.8. The summed E-state index contributed by atoms with van der Waals surface area (Å²) in [5.74, 6) is -0.286. The number of aliphatic hydroxyl groups excluding tert-OH is 11. The molecule has 17 atom stereocenters. The van der Waals surface area contributed by atoms with Gasteiger partial charge in [-0.1, -0.05) is 253 Å². The van der Waals surface area contributed by atoms with Gasteiger partial charge >= 0.3 is 0 Å². The molecule has 0 saturated carbocycles. The summed E-state index contributed by atoms with van der Waals surface area (Å²) in [7, 11) is 0. The SMILES string of the molecule is CC/C=C\C/C=C\C/C=C\C/C=C\C/C=C\CCCCCCCCCCCCCCCCCCCC(=O)NC(COC1OC(CO)C(OC2OC(CO)C(OC3OC(CO)C(O)C(O)C3O)C(O)C2O)C(O)C1O)C(O)/C=C/CC/C=C/CCCCCCCCCCCC. The number of nitrogens with one attached hydrogen (secondary N) is 1. The number of allylic oxidation sites excluding steroid dienone is 13. The molecule has 0 bridgehead atoms. The zero-order chi connectivity index (χ0) is 68.2. The van der Waals surface area contributed by atoms with Crippen molar-refractivity contribution in [2.45, 2.75) is 356 Å². The first-order chi connectivity index (χ1) is 45.8. The van der Waals surface area contributed by atoms with Gasteiger partial charge in [0.25, 0.3) is 0 Å². The standard InChI is InChI=1S/C75H131NO18/c1-3-5-7-9-11-13-15-17-19-21-22-23-24-25-26-27-28-29-30-31-32-33-34-35-36-37-39-41-43-45-47-49-51-53-63(81)76-58(59(80)52-50-48-46-44-42-40-38-20-18-16-14-12-10-8-6-4-2)57-89-73-69(87)66(84)71(61(55-78)91-73)94-75-70(88)67(85)72(62(56-79)92-75)93-74-68(86)65(83)64(82)60(54-77)90-74/h5,7,11,13,17,19,22-23,25-26,42,44,50,52,58-62,64-75,77-80,82-88H,3-4,6,8-10,12,14-16,18,20-21,24,27-41,43,45-49,51,53-57H2,1-2H3,(H,76,81)/b7-5-,13-11-,19-17-,23-22-,26-25-,44-42+,52-50+. The lowest BCUT2D eigenvalue weighted by molar-refractivity contribution is -0.379. The first kappa shape index (κ1) is 85.2.